The molecule has 0 aliphatic rings. The average Bonchev–Trinajstić information content (AvgIpc) is 2.56. The Morgan fingerprint density at radius 1 is 0.826 bits per heavy atom. The molecular weight excluding hydrogens is 294 g/mol. The minimum atomic E-state index is -0.353. The fourth-order valence-electron chi connectivity index (χ4n) is 2.01. The molecule has 23 heavy (non-hydrogen) atoms. The molecule has 0 aliphatic heterocycles. The number of carbonyl (C=O) groups is 2. The maximum atomic E-state index is 11.7. The molecule has 0 spiro atoms. The Morgan fingerprint density at radius 2 is 1.43 bits per heavy atom. The third-order valence-electron chi connectivity index (χ3n) is 3.06. The Labute approximate surface area is 135 Å². The zero-order valence-corrected chi connectivity index (χ0v) is 13.2. The van der Waals surface area contributed by atoms with E-state index in [4.69, 9.17) is 9.47 Å². The number of hydrogen-bond acceptors (Lipinski definition) is 5. The molecule has 0 atom stereocenters. The van der Waals surface area contributed by atoms with Crippen LogP contribution in [-0.4, -0.2) is 25.2 Å². The van der Waals surface area contributed by atoms with Gasteiger partial charge in [0.1, 0.15) is 0 Å². The van der Waals surface area contributed by atoms with E-state index < -0.39 is 0 Å². The number of anilines is 2. The lowest BCUT2D eigenvalue weighted by molar-refractivity contribution is 0.0517. The Balaban J connectivity index is 2.09. The summed E-state index contributed by atoms with van der Waals surface area (Å²) in [6.45, 7) is 4.22. The van der Waals surface area contributed by atoms with Crippen LogP contribution < -0.4 is 5.32 Å². The number of rotatable bonds is 6. The molecule has 2 aromatic carbocycles. The van der Waals surface area contributed by atoms with Crippen molar-refractivity contribution in [3.63, 3.8) is 0 Å². The number of nitrogens with one attached hydrogen (secondary N) is 1. The molecule has 0 radical (unpaired) electrons. The van der Waals surface area contributed by atoms with Crippen molar-refractivity contribution in [3.05, 3.63) is 59.7 Å². The van der Waals surface area contributed by atoms with Crippen LogP contribution in [0.3, 0.4) is 0 Å². The summed E-state index contributed by atoms with van der Waals surface area (Å²) in [5.74, 6) is -0.697. The van der Waals surface area contributed by atoms with Gasteiger partial charge in [-0.05, 0) is 56.3 Å². The summed E-state index contributed by atoms with van der Waals surface area (Å²) in [5.41, 5.74) is 2.55. The molecule has 1 N–H and O–H groups in total. The average molecular weight is 313 g/mol. The van der Waals surface area contributed by atoms with E-state index in [9.17, 15) is 9.59 Å². The number of esters is 2. The third kappa shape index (κ3) is 4.57. The van der Waals surface area contributed by atoms with Crippen molar-refractivity contribution >= 4 is 23.3 Å². The Morgan fingerprint density at radius 3 is 2.04 bits per heavy atom. The van der Waals surface area contributed by atoms with Crippen molar-refractivity contribution in [2.75, 3.05) is 18.5 Å². The molecule has 0 fully saturated rings. The van der Waals surface area contributed by atoms with Crippen LogP contribution in [0.25, 0.3) is 0 Å². The first-order valence-electron chi connectivity index (χ1n) is 7.45. The smallest absolute Gasteiger partial charge is 0.338 e. The Hall–Kier alpha value is -2.82. The van der Waals surface area contributed by atoms with Gasteiger partial charge in [-0.3, -0.25) is 0 Å². The van der Waals surface area contributed by atoms with Gasteiger partial charge in [0.05, 0.1) is 24.3 Å². The lowest BCUT2D eigenvalue weighted by Crippen LogP contribution is -2.05. The normalized spacial score (nSPS) is 10.0. The van der Waals surface area contributed by atoms with Crippen LogP contribution in [0.15, 0.2) is 48.5 Å². The molecule has 0 amide bonds. The molecule has 5 heteroatoms. The highest BCUT2D eigenvalue weighted by Gasteiger charge is 2.08. The van der Waals surface area contributed by atoms with Crippen molar-refractivity contribution < 1.29 is 19.1 Å². The van der Waals surface area contributed by atoms with Crippen molar-refractivity contribution in [2.24, 2.45) is 0 Å². The maximum absolute atomic E-state index is 11.7. The predicted octanol–water partition coefficient (Wildman–Crippen LogP) is 3.78. The van der Waals surface area contributed by atoms with E-state index in [0.717, 1.165) is 11.4 Å². The van der Waals surface area contributed by atoms with Gasteiger partial charge in [-0.2, -0.15) is 0 Å². The lowest BCUT2D eigenvalue weighted by Gasteiger charge is -2.09. The summed E-state index contributed by atoms with van der Waals surface area (Å²) in [5, 5.41) is 3.18. The topological polar surface area (TPSA) is 64.6 Å². The molecule has 5 nitrogen and oxygen atoms in total. The molecule has 0 bridgehead atoms. The number of ether oxygens (including phenoxy) is 2. The third-order valence-corrected chi connectivity index (χ3v) is 3.06. The van der Waals surface area contributed by atoms with Gasteiger partial charge >= 0.3 is 11.9 Å². The quantitative estimate of drug-likeness (QED) is 0.822. The number of hydrogen-bond donors (Lipinski definition) is 1. The Kier molecular flexibility index (Phi) is 5.74. The van der Waals surface area contributed by atoms with Crippen molar-refractivity contribution in [1.29, 1.82) is 0 Å². The van der Waals surface area contributed by atoms with Crippen LogP contribution in [-0.2, 0) is 9.47 Å². The molecule has 0 aliphatic carbocycles. The minimum absolute atomic E-state index is 0.339. The van der Waals surface area contributed by atoms with Gasteiger partial charge in [0, 0.05) is 11.4 Å². The maximum Gasteiger partial charge on any atom is 0.338 e. The lowest BCUT2D eigenvalue weighted by atomic mass is 10.1. The van der Waals surface area contributed by atoms with Gasteiger partial charge in [-0.15, -0.1) is 0 Å². The van der Waals surface area contributed by atoms with Crippen LogP contribution in [0, 0.1) is 0 Å². The second-order valence-electron chi connectivity index (χ2n) is 4.72. The van der Waals surface area contributed by atoms with E-state index in [0.29, 0.717) is 24.3 Å². The largest absolute Gasteiger partial charge is 0.462 e. The zero-order valence-electron chi connectivity index (χ0n) is 13.2. The first-order chi connectivity index (χ1) is 11.1. The summed E-state index contributed by atoms with van der Waals surface area (Å²) in [4.78, 5) is 23.3. The van der Waals surface area contributed by atoms with Crippen LogP contribution in [0.2, 0.25) is 0 Å². The second-order valence-corrected chi connectivity index (χ2v) is 4.72. The van der Waals surface area contributed by atoms with Crippen molar-refractivity contribution in [1.82, 2.24) is 0 Å². The molecule has 0 aromatic heterocycles. The highest BCUT2D eigenvalue weighted by molar-refractivity contribution is 5.91. The first kappa shape index (κ1) is 16.5. The van der Waals surface area contributed by atoms with Gasteiger partial charge < -0.3 is 14.8 Å². The van der Waals surface area contributed by atoms with Crippen LogP contribution in [0.4, 0.5) is 11.4 Å². The van der Waals surface area contributed by atoms with E-state index >= 15 is 0 Å². The molecule has 0 saturated heterocycles. The molecule has 0 unspecified atom stereocenters. The standard InChI is InChI=1S/C18H19NO4/c1-3-22-17(20)13-8-10-15(11-9-13)19-16-7-5-6-14(12-16)18(21)23-4-2/h5-12,19H,3-4H2,1-2H3. The van der Waals surface area contributed by atoms with E-state index in [-0.39, 0.29) is 11.9 Å². The predicted molar refractivity (Wildman–Crippen MR) is 88.1 cm³/mol. The summed E-state index contributed by atoms with van der Waals surface area (Å²) < 4.78 is 9.92. The summed E-state index contributed by atoms with van der Waals surface area (Å²) in [6.07, 6.45) is 0. The Bertz CT molecular complexity index is 680. The van der Waals surface area contributed by atoms with Gasteiger partial charge in [0.25, 0.3) is 0 Å². The van der Waals surface area contributed by atoms with E-state index in [2.05, 4.69) is 5.32 Å². The summed E-state index contributed by atoms with van der Waals surface area (Å²) in [6, 6.07) is 14.0. The van der Waals surface area contributed by atoms with Gasteiger partial charge in [0.2, 0.25) is 0 Å². The van der Waals surface area contributed by atoms with Crippen LogP contribution in [0.1, 0.15) is 34.6 Å². The minimum Gasteiger partial charge on any atom is -0.462 e. The van der Waals surface area contributed by atoms with Crippen molar-refractivity contribution in [2.45, 2.75) is 13.8 Å². The van der Waals surface area contributed by atoms with Crippen LogP contribution in [0.5, 0.6) is 0 Å². The van der Waals surface area contributed by atoms with E-state index in [1.807, 2.05) is 6.07 Å². The van der Waals surface area contributed by atoms with Crippen LogP contribution >= 0.6 is 0 Å². The molecular formula is C18H19NO4. The van der Waals surface area contributed by atoms with Gasteiger partial charge in [-0.25, -0.2) is 9.59 Å². The molecule has 120 valence electrons. The highest BCUT2D eigenvalue weighted by atomic mass is 16.5. The second kappa shape index (κ2) is 7.98. The molecule has 2 rings (SSSR count). The SMILES string of the molecule is CCOC(=O)c1ccc(Nc2cccc(C(=O)OCC)c2)cc1. The van der Waals surface area contributed by atoms with Crippen molar-refractivity contribution in [3.8, 4) is 0 Å². The van der Waals surface area contributed by atoms with E-state index in [1.54, 1.807) is 56.3 Å². The monoisotopic (exact) mass is 313 g/mol. The molecule has 0 heterocycles. The van der Waals surface area contributed by atoms with Gasteiger partial charge in [-0.1, -0.05) is 6.07 Å². The number of benzene rings is 2. The first-order valence-corrected chi connectivity index (χ1v) is 7.45. The van der Waals surface area contributed by atoms with Gasteiger partial charge in [0.15, 0.2) is 0 Å². The fourth-order valence-corrected chi connectivity index (χ4v) is 2.01. The zero-order chi connectivity index (χ0) is 16.7. The number of carbonyl (C=O) groups excluding carboxylic acids is 2. The van der Waals surface area contributed by atoms with E-state index in [1.165, 1.54) is 0 Å². The fraction of sp³-hybridized carbons (Fsp3) is 0.222. The molecule has 0 saturated carbocycles. The molecule has 2 aromatic rings. The summed E-state index contributed by atoms with van der Waals surface area (Å²) >= 11 is 0. The highest BCUT2D eigenvalue weighted by Crippen LogP contribution is 2.19. The summed E-state index contributed by atoms with van der Waals surface area (Å²) in [7, 11) is 0.